The zero-order valence-electron chi connectivity index (χ0n) is 15.0. The normalized spacial score (nSPS) is 16.5. The summed E-state index contributed by atoms with van der Waals surface area (Å²) in [4.78, 5) is 14.3. The first-order valence-electron chi connectivity index (χ1n) is 8.54. The van der Waals surface area contributed by atoms with Gasteiger partial charge in [0.05, 0.1) is 31.3 Å². The molecule has 0 saturated heterocycles. The third kappa shape index (κ3) is 6.63. The van der Waals surface area contributed by atoms with Gasteiger partial charge in [-0.1, -0.05) is 13.8 Å². The van der Waals surface area contributed by atoms with Crippen LogP contribution in [-0.4, -0.2) is 63.4 Å². The lowest BCUT2D eigenvalue weighted by atomic mass is 9.91. The minimum atomic E-state index is -0.0713. The van der Waals surface area contributed by atoms with E-state index in [9.17, 15) is 4.79 Å². The van der Waals surface area contributed by atoms with Crippen molar-refractivity contribution in [2.45, 2.75) is 46.6 Å². The molecule has 0 aromatic heterocycles. The topological polar surface area (TPSA) is 50.8 Å². The molecular formula is C17H34N2O3. The predicted molar refractivity (Wildman–Crippen MR) is 88.9 cm³/mol. The molecule has 0 unspecified atom stereocenters. The van der Waals surface area contributed by atoms with E-state index in [1.165, 1.54) is 0 Å². The number of hydrogen-bond donors (Lipinski definition) is 1. The molecule has 1 aliphatic rings. The molecule has 0 aliphatic heterocycles. The Morgan fingerprint density at radius 3 is 2.36 bits per heavy atom. The van der Waals surface area contributed by atoms with E-state index in [1.54, 1.807) is 0 Å². The van der Waals surface area contributed by atoms with Crippen molar-refractivity contribution in [3.63, 3.8) is 0 Å². The molecule has 1 fully saturated rings. The van der Waals surface area contributed by atoms with Crippen LogP contribution < -0.4 is 5.32 Å². The molecule has 0 aromatic carbocycles. The number of hydrogen-bond acceptors (Lipinski definition) is 4. The predicted octanol–water partition coefficient (Wildman–Crippen LogP) is 1.91. The Bertz CT molecular complexity index is 328. The Morgan fingerprint density at radius 2 is 1.82 bits per heavy atom. The lowest BCUT2D eigenvalue weighted by Gasteiger charge is -2.21. The first kappa shape index (κ1) is 19.4. The quantitative estimate of drug-likeness (QED) is 0.559. The highest BCUT2D eigenvalue weighted by atomic mass is 16.5. The molecule has 1 rings (SSSR count). The maximum absolute atomic E-state index is 12.2. The lowest BCUT2D eigenvalue weighted by molar-refractivity contribution is -0.127. The maximum atomic E-state index is 12.2. The van der Waals surface area contributed by atoms with Gasteiger partial charge >= 0.3 is 0 Å². The van der Waals surface area contributed by atoms with Crippen LogP contribution in [0.2, 0.25) is 0 Å². The second-order valence-electron chi connectivity index (χ2n) is 6.90. The average Bonchev–Trinajstić information content (AvgIpc) is 3.23. The summed E-state index contributed by atoms with van der Waals surface area (Å²) in [5.74, 6) is 0.671. The molecule has 0 aromatic rings. The fraction of sp³-hybridized carbons (Fsp3) is 0.941. The zero-order valence-corrected chi connectivity index (χ0v) is 15.0. The summed E-state index contributed by atoms with van der Waals surface area (Å²) in [7, 11) is 2.05. The first-order chi connectivity index (χ1) is 10.4. The summed E-state index contributed by atoms with van der Waals surface area (Å²) >= 11 is 0. The number of carbonyl (C=O) groups excluding carboxylic acids is 1. The number of carbonyl (C=O) groups is 1. The van der Waals surface area contributed by atoms with Crippen LogP contribution in [0.5, 0.6) is 0 Å². The highest BCUT2D eigenvalue weighted by Crippen LogP contribution is 2.51. The molecular weight excluding hydrogens is 280 g/mol. The van der Waals surface area contributed by atoms with E-state index in [0.29, 0.717) is 32.3 Å². The van der Waals surface area contributed by atoms with Gasteiger partial charge < -0.3 is 19.7 Å². The Labute approximate surface area is 135 Å². The molecule has 0 bridgehead atoms. The van der Waals surface area contributed by atoms with Gasteiger partial charge in [-0.2, -0.15) is 0 Å². The fourth-order valence-electron chi connectivity index (χ4n) is 2.51. The van der Waals surface area contributed by atoms with Crippen molar-refractivity contribution in [1.29, 1.82) is 0 Å². The van der Waals surface area contributed by atoms with Crippen LogP contribution in [0.1, 0.15) is 40.5 Å². The Hall–Kier alpha value is -0.650. The van der Waals surface area contributed by atoms with Crippen LogP contribution in [0, 0.1) is 11.3 Å². The molecule has 5 heteroatoms. The fourth-order valence-corrected chi connectivity index (χ4v) is 2.51. The SMILES string of the molecule is CC(C)OCCOCCN(C)CCNC(=O)C1(C(C)C)CC1. The summed E-state index contributed by atoms with van der Waals surface area (Å²) in [6.07, 6.45) is 2.34. The van der Waals surface area contributed by atoms with Crippen LogP contribution in [0.4, 0.5) is 0 Å². The largest absolute Gasteiger partial charge is 0.378 e. The molecule has 1 N–H and O–H groups in total. The van der Waals surface area contributed by atoms with Gasteiger partial charge in [0.1, 0.15) is 0 Å². The van der Waals surface area contributed by atoms with E-state index in [1.807, 2.05) is 13.8 Å². The van der Waals surface area contributed by atoms with Crippen LogP contribution >= 0.6 is 0 Å². The Kier molecular flexibility index (Phi) is 8.36. The van der Waals surface area contributed by atoms with Gasteiger partial charge in [0.25, 0.3) is 0 Å². The lowest BCUT2D eigenvalue weighted by Crippen LogP contribution is -2.39. The zero-order chi connectivity index (χ0) is 16.6. The summed E-state index contributed by atoms with van der Waals surface area (Å²) in [6, 6.07) is 0. The summed E-state index contributed by atoms with van der Waals surface area (Å²) in [6.45, 7) is 12.7. The van der Waals surface area contributed by atoms with Gasteiger partial charge in [0, 0.05) is 19.6 Å². The van der Waals surface area contributed by atoms with Gasteiger partial charge in [-0.15, -0.1) is 0 Å². The van der Waals surface area contributed by atoms with E-state index in [4.69, 9.17) is 9.47 Å². The van der Waals surface area contributed by atoms with Crippen molar-refractivity contribution in [3.8, 4) is 0 Å². The Morgan fingerprint density at radius 1 is 1.14 bits per heavy atom. The van der Waals surface area contributed by atoms with Crippen LogP contribution in [0.25, 0.3) is 0 Å². The third-order valence-electron chi connectivity index (χ3n) is 4.42. The van der Waals surface area contributed by atoms with Crippen LogP contribution in [-0.2, 0) is 14.3 Å². The number of rotatable bonds is 12. The number of nitrogens with one attached hydrogen (secondary N) is 1. The van der Waals surface area contributed by atoms with E-state index in [-0.39, 0.29) is 17.4 Å². The van der Waals surface area contributed by atoms with Crippen molar-refractivity contribution in [1.82, 2.24) is 10.2 Å². The Balaban J connectivity index is 2.00. The number of nitrogens with zero attached hydrogens (tertiary/aromatic N) is 1. The number of amides is 1. The van der Waals surface area contributed by atoms with E-state index < -0.39 is 0 Å². The number of ether oxygens (including phenoxy) is 2. The molecule has 0 spiro atoms. The van der Waals surface area contributed by atoms with Crippen LogP contribution in [0.15, 0.2) is 0 Å². The summed E-state index contributed by atoms with van der Waals surface area (Å²) in [5.41, 5.74) is -0.0713. The second-order valence-corrected chi connectivity index (χ2v) is 6.90. The highest BCUT2D eigenvalue weighted by molar-refractivity contribution is 5.85. The van der Waals surface area contributed by atoms with Crippen molar-refractivity contribution < 1.29 is 14.3 Å². The monoisotopic (exact) mass is 314 g/mol. The average molecular weight is 314 g/mol. The van der Waals surface area contributed by atoms with Gasteiger partial charge in [0.2, 0.25) is 5.91 Å². The van der Waals surface area contributed by atoms with Gasteiger partial charge in [-0.05, 0) is 39.7 Å². The summed E-state index contributed by atoms with van der Waals surface area (Å²) in [5, 5.41) is 3.08. The second kappa shape index (κ2) is 9.48. The maximum Gasteiger partial charge on any atom is 0.226 e. The third-order valence-corrected chi connectivity index (χ3v) is 4.42. The molecule has 1 saturated carbocycles. The van der Waals surface area contributed by atoms with Gasteiger partial charge in [-0.25, -0.2) is 0 Å². The van der Waals surface area contributed by atoms with Gasteiger partial charge in [-0.3, -0.25) is 4.79 Å². The molecule has 22 heavy (non-hydrogen) atoms. The van der Waals surface area contributed by atoms with Crippen LogP contribution in [0.3, 0.4) is 0 Å². The standard InChI is InChI=1S/C17H34N2O3/c1-14(2)17(6-7-17)16(20)18-8-9-19(5)10-11-21-12-13-22-15(3)4/h14-15H,6-13H2,1-5H3,(H,18,20). The molecule has 5 nitrogen and oxygen atoms in total. The van der Waals surface area contributed by atoms with Crippen molar-refractivity contribution in [3.05, 3.63) is 0 Å². The molecule has 0 heterocycles. The van der Waals surface area contributed by atoms with Crippen molar-refractivity contribution in [2.75, 3.05) is 46.5 Å². The van der Waals surface area contributed by atoms with Crippen molar-refractivity contribution >= 4 is 5.91 Å². The molecule has 130 valence electrons. The molecule has 1 aliphatic carbocycles. The smallest absolute Gasteiger partial charge is 0.226 e. The molecule has 0 atom stereocenters. The summed E-state index contributed by atoms with van der Waals surface area (Å²) < 4.78 is 10.9. The van der Waals surface area contributed by atoms with E-state index in [0.717, 1.165) is 25.9 Å². The first-order valence-corrected chi connectivity index (χ1v) is 8.54. The van der Waals surface area contributed by atoms with Crippen molar-refractivity contribution in [2.24, 2.45) is 11.3 Å². The minimum Gasteiger partial charge on any atom is -0.378 e. The molecule has 1 amide bonds. The van der Waals surface area contributed by atoms with Gasteiger partial charge in [0.15, 0.2) is 0 Å². The minimum absolute atomic E-state index is 0.0713. The van der Waals surface area contributed by atoms with E-state index >= 15 is 0 Å². The molecule has 0 radical (unpaired) electrons. The number of likely N-dealkylation sites (N-methyl/N-ethyl adjacent to an activating group) is 1. The van der Waals surface area contributed by atoms with E-state index in [2.05, 4.69) is 31.1 Å². The highest BCUT2D eigenvalue weighted by Gasteiger charge is 2.51.